The maximum absolute atomic E-state index is 12.8. The van der Waals surface area contributed by atoms with E-state index in [0.29, 0.717) is 5.92 Å². The summed E-state index contributed by atoms with van der Waals surface area (Å²) >= 11 is 11.9. The van der Waals surface area contributed by atoms with Gasteiger partial charge in [-0.05, 0) is 30.9 Å². The van der Waals surface area contributed by atoms with E-state index in [1.54, 1.807) is 0 Å². The van der Waals surface area contributed by atoms with Gasteiger partial charge >= 0.3 is 6.61 Å². The molecule has 0 unspecified atom stereocenters. The van der Waals surface area contributed by atoms with E-state index in [1.165, 1.54) is 19.2 Å². The first kappa shape index (κ1) is 21.2. The molecule has 0 atom stereocenters. The number of ether oxygens (including phenoxy) is 3. The minimum Gasteiger partial charge on any atom is -0.492 e. The van der Waals surface area contributed by atoms with E-state index >= 15 is 0 Å². The Kier molecular flexibility index (Phi) is 6.49. The Balaban J connectivity index is 1.96. The second kappa shape index (κ2) is 8.87. The molecule has 2 N–H and O–H groups in total. The zero-order chi connectivity index (χ0) is 21.1. The molecule has 11 heteroatoms. The Morgan fingerprint density at radius 1 is 1.34 bits per heavy atom. The molecule has 29 heavy (non-hydrogen) atoms. The standard InChI is InChI=1S/C18H16Cl2F2N2O5/c1-27-14-9(16(25)24-13-10(19)6-23-17(26)12(13)20)4-5-11(29-18(21)22)15(14)28-7-8-2-3-8/h4-6,8,18H,2-3,7H2,1H3,(H2,23,24,25,26). The summed E-state index contributed by atoms with van der Waals surface area (Å²) in [5, 5.41) is 11.8. The van der Waals surface area contributed by atoms with Crippen LogP contribution in [-0.2, 0) is 0 Å². The number of carbonyl (C=O) groups excluding carboxylic acids is 1. The second-order valence-electron chi connectivity index (χ2n) is 6.18. The van der Waals surface area contributed by atoms with Gasteiger partial charge in [-0.3, -0.25) is 4.79 Å². The van der Waals surface area contributed by atoms with Crippen molar-refractivity contribution in [2.45, 2.75) is 19.5 Å². The van der Waals surface area contributed by atoms with Crippen LogP contribution in [0.5, 0.6) is 23.1 Å². The number of nitrogens with zero attached hydrogens (tertiary/aromatic N) is 1. The fraction of sp³-hybridized carbons (Fsp3) is 0.333. The lowest BCUT2D eigenvalue weighted by molar-refractivity contribution is -0.0516. The number of methoxy groups -OCH3 is 1. The molecule has 1 aromatic heterocycles. The molecule has 7 nitrogen and oxygen atoms in total. The molecular weight excluding hydrogens is 433 g/mol. The number of hydrogen-bond acceptors (Lipinski definition) is 6. The van der Waals surface area contributed by atoms with E-state index in [-0.39, 0.29) is 45.2 Å². The quantitative estimate of drug-likeness (QED) is 0.605. The summed E-state index contributed by atoms with van der Waals surface area (Å²) < 4.78 is 40.9. The van der Waals surface area contributed by atoms with Crippen LogP contribution < -0.4 is 19.5 Å². The van der Waals surface area contributed by atoms with Gasteiger partial charge in [-0.1, -0.05) is 23.2 Å². The van der Waals surface area contributed by atoms with Crippen LogP contribution in [0.3, 0.4) is 0 Å². The number of amides is 1. The van der Waals surface area contributed by atoms with Crippen molar-refractivity contribution in [2.24, 2.45) is 5.92 Å². The Morgan fingerprint density at radius 2 is 2.07 bits per heavy atom. The third-order valence-corrected chi connectivity index (χ3v) is 4.74. The lowest BCUT2D eigenvalue weighted by Gasteiger charge is -2.18. The van der Waals surface area contributed by atoms with Crippen molar-refractivity contribution in [1.29, 1.82) is 0 Å². The lowest BCUT2D eigenvalue weighted by atomic mass is 10.1. The number of carbonyl (C=O) groups is 1. The predicted octanol–water partition coefficient (Wildman–Crippen LogP) is 4.75. The SMILES string of the molecule is COc1c(C(=O)Nc2c(Cl)cnc(O)c2Cl)ccc(OC(F)F)c1OCC1CC1. The van der Waals surface area contributed by atoms with Gasteiger partial charge in [-0.25, -0.2) is 4.98 Å². The zero-order valence-corrected chi connectivity index (χ0v) is 16.6. The summed E-state index contributed by atoms with van der Waals surface area (Å²) in [6.07, 6.45) is 3.05. The van der Waals surface area contributed by atoms with Crippen molar-refractivity contribution in [2.75, 3.05) is 19.0 Å². The van der Waals surface area contributed by atoms with E-state index in [1.807, 2.05) is 0 Å². The van der Waals surface area contributed by atoms with Crippen LogP contribution in [0.25, 0.3) is 0 Å². The third kappa shape index (κ3) is 4.91. The molecule has 1 amide bonds. The molecule has 1 saturated carbocycles. The summed E-state index contributed by atoms with van der Waals surface area (Å²) in [5.74, 6) is -1.39. The number of aromatic nitrogens is 1. The van der Waals surface area contributed by atoms with Gasteiger partial charge in [0.15, 0.2) is 11.5 Å². The monoisotopic (exact) mass is 448 g/mol. The predicted molar refractivity (Wildman–Crippen MR) is 102 cm³/mol. The smallest absolute Gasteiger partial charge is 0.387 e. The van der Waals surface area contributed by atoms with E-state index in [9.17, 15) is 18.7 Å². The Hall–Kier alpha value is -2.52. The maximum Gasteiger partial charge on any atom is 0.387 e. The van der Waals surface area contributed by atoms with Crippen LogP contribution in [0.2, 0.25) is 10.0 Å². The normalized spacial score (nSPS) is 13.3. The fourth-order valence-electron chi connectivity index (χ4n) is 2.49. The van der Waals surface area contributed by atoms with Crippen LogP contribution in [0.4, 0.5) is 14.5 Å². The van der Waals surface area contributed by atoms with E-state index in [0.717, 1.165) is 19.0 Å². The van der Waals surface area contributed by atoms with E-state index in [4.69, 9.17) is 32.7 Å². The Morgan fingerprint density at radius 3 is 2.69 bits per heavy atom. The molecule has 0 bridgehead atoms. The van der Waals surface area contributed by atoms with Crippen molar-refractivity contribution in [1.82, 2.24) is 4.98 Å². The van der Waals surface area contributed by atoms with Crippen molar-refractivity contribution in [3.8, 4) is 23.1 Å². The average molecular weight is 449 g/mol. The van der Waals surface area contributed by atoms with Crippen LogP contribution in [0.1, 0.15) is 23.2 Å². The minimum atomic E-state index is -3.08. The molecule has 1 aliphatic rings. The number of halogens is 4. The van der Waals surface area contributed by atoms with Crippen LogP contribution in [0, 0.1) is 5.92 Å². The highest BCUT2D eigenvalue weighted by Crippen LogP contribution is 2.43. The van der Waals surface area contributed by atoms with E-state index in [2.05, 4.69) is 15.0 Å². The van der Waals surface area contributed by atoms with Crippen LogP contribution >= 0.6 is 23.2 Å². The second-order valence-corrected chi connectivity index (χ2v) is 6.96. The van der Waals surface area contributed by atoms with Crippen molar-refractivity contribution < 1.29 is 32.9 Å². The lowest BCUT2D eigenvalue weighted by Crippen LogP contribution is -2.16. The first-order valence-corrected chi connectivity index (χ1v) is 9.20. The molecule has 156 valence electrons. The number of rotatable bonds is 8. The van der Waals surface area contributed by atoms with Crippen molar-refractivity contribution in [3.05, 3.63) is 33.9 Å². The molecular formula is C18H16Cl2F2N2O5. The van der Waals surface area contributed by atoms with Crippen LogP contribution in [-0.4, -0.2) is 36.3 Å². The Labute approximate surface area is 174 Å². The number of anilines is 1. The van der Waals surface area contributed by atoms with Gasteiger partial charge in [0.05, 0.1) is 36.2 Å². The number of benzene rings is 1. The van der Waals surface area contributed by atoms with Gasteiger partial charge in [-0.15, -0.1) is 0 Å². The number of aromatic hydroxyl groups is 1. The van der Waals surface area contributed by atoms with Gasteiger partial charge in [0.1, 0.15) is 5.02 Å². The third-order valence-electron chi connectivity index (χ3n) is 4.09. The maximum atomic E-state index is 12.8. The summed E-state index contributed by atoms with van der Waals surface area (Å²) in [6, 6.07) is 2.41. The van der Waals surface area contributed by atoms with Crippen molar-refractivity contribution in [3.63, 3.8) is 0 Å². The highest BCUT2D eigenvalue weighted by atomic mass is 35.5. The molecule has 0 spiro atoms. The summed E-state index contributed by atoms with van der Waals surface area (Å²) in [7, 11) is 1.26. The molecule has 1 fully saturated rings. The summed E-state index contributed by atoms with van der Waals surface area (Å²) in [6.45, 7) is -2.81. The summed E-state index contributed by atoms with van der Waals surface area (Å²) in [4.78, 5) is 16.4. The van der Waals surface area contributed by atoms with Gasteiger partial charge in [0.25, 0.3) is 5.91 Å². The van der Waals surface area contributed by atoms with Crippen molar-refractivity contribution >= 4 is 34.8 Å². The van der Waals surface area contributed by atoms with Crippen LogP contribution in [0.15, 0.2) is 18.3 Å². The first-order chi connectivity index (χ1) is 13.8. The summed E-state index contributed by atoms with van der Waals surface area (Å²) in [5.41, 5.74) is -0.107. The number of pyridine rings is 1. The zero-order valence-electron chi connectivity index (χ0n) is 15.0. The van der Waals surface area contributed by atoms with Gasteiger partial charge < -0.3 is 24.6 Å². The molecule has 3 rings (SSSR count). The topological polar surface area (TPSA) is 89.9 Å². The number of nitrogens with one attached hydrogen (secondary N) is 1. The molecule has 2 aromatic rings. The molecule has 0 radical (unpaired) electrons. The molecule has 0 aliphatic heterocycles. The van der Waals surface area contributed by atoms with E-state index < -0.39 is 18.4 Å². The molecule has 0 saturated heterocycles. The van der Waals surface area contributed by atoms with Gasteiger partial charge in [0.2, 0.25) is 11.6 Å². The fourth-order valence-corrected chi connectivity index (χ4v) is 2.93. The molecule has 1 aromatic carbocycles. The largest absolute Gasteiger partial charge is 0.492 e. The Bertz CT molecular complexity index is 926. The average Bonchev–Trinajstić information content (AvgIpc) is 3.50. The van der Waals surface area contributed by atoms with Gasteiger partial charge in [0, 0.05) is 0 Å². The minimum absolute atomic E-state index is 0.0111. The highest BCUT2D eigenvalue weighted by molar-refractivity contribution is 6.40. The van der Waals surface area contributed by atoms with Gasteiger partial charge in [-0.2, -0.15) is 8.78 Å². The first-order valence-electron chi connectivity index (χ1n) is 8.44. The highest BCUT2D eigenvalue weighted by Gasteiger charge is 2.27. The molecule has 1 aliphatic carbocycles. The number of alkyl halides is 2. The molecule has 1 heterocycles. The number of hydrogen-bond donors (Lipinski definition) is 2.